The van der Waals surface area contributed by atoms with Crippen molar-refractivity contribution in [2.75, 3.05) is 5.32 Å². The quantitative estimate of drug-likeness (QED) is 0.591. The number of rotatable bonds is 3. The molecule has 2 heterocycles. The number of nitrogens with zero attached hydrogens (tertiary/aromatic N) is 3. The van der Waals surface area contributed by atoms with Crippen molar-refractivity contribution < 1.29 is 4.79 Å². The van der Waals surface area contributed by atoms with E-state index in [0.29, 0.717) is 22.5 Å². The van der Waals surface area contributed by atoms with Gasteiger partial charge in [0.05, 0.1) is 11.1 Å². The number of nitrogens with one attached hydrogen (secondary N) is 2. The van der Waals surface area contributed by atoms with Gasteiger partial charge in [0.1, 0.15) is 5.52 Å². The van der Waals surface area contributed by atoms with Gasteiger partial charge < -0.3 is 4.98 Å². The second kappa shape index (κ2) is 6.40. The normalized spacial score (nSPS) is 10.8. The van der Waals surface area contributed by atoms with E-state index in [2.05, 4.69) is 51.2 Å². The highest BCUT2D eigenvalue weighted by Gasteiger charge is 2.17. The standard InChI is InChI=1S/C20H17N5O/c1-12-4-3-5-13(2)16(12)14-6-7-15(18-17(14)21-8-9-22-18)19(26)25-20-23-10-11-24-20/h3-11H,1-2H3,(H2,23,24,25,26). The minimum atomic E-state index is -0.279. The van der Waals surface area contributed by atoms with Crippen LogP contribution in [0.3, 0.4) is 0 Å². The monoisotopic (exact) mass is 343 g/mol. The lowest BCUT2D eigenvalue weighted by molar-refractivity contribution is 0.102. The molecule has 0 aliphatic heterocycles. The van der Waals surface area contributed by atoms with Gasteiger partial charge in [-0.15, -0.1) is 0 Å². The summed E-state index contributed by atoms with van der Waals surface area (Å²) in [7, 11) is 0. The molecule has 0 fully saturated rings. The van der Waals surface area contributed by atoms with E-state index in [4.69, 9.17) is 0 Å². The molecule has 4 aromatic rings. The van der Waals surface area contributed by atoms with Crippen molar-refractivity contribution in [2.45, 2.75) is 13.8 Å². The first-order valence-corrected chi connectivity index (χ1v) is 8.26. The van der Waals surface area contributed by atoms with Crippen LogP contribution in [-0.4, -0.2) is 25.8 Å². The zero-order chi connectivity index (χ0) is 18.1. The Hall–Kier alpha value is -3.54. The summed E-state index contributed by atoms with van der Waals surface area (Å²) in [4.78, 5) is 28.5. The summed E-state index contributed by atoms with van der Waals surface area (Å²) in [5.74, 6) is 0.115. The van der Waals surface area contributed by atoms with Crippen LogP contribution < -0.4 is 5.32 Å². The summed E-state index contributed by atoms with van der Waals surface area (Å²) >= 11 is 0. The van der Waals surface area contributed by atoms with Crippen LogP contribution in [0, 0.1) is 13.8 Å². The molecule has 0 aliphatic carbocycles. The molecule has 2 N–H and O–H groups in total. The van der Waals surface area contributed by atoms with Gasteiger partial charge in [-0.2, -0.15) is 0 Å². The van der Waals surface area contributed by atoms with Crippen LogP contribution in [0.5, 0.6) is 0 Å². The van der Waals surface area contributed by atoms with E-state index in [-0.39, 0.29) is 5.91 Å². The van der Waals surface area contributed by atoms with Gasteiger partial charge in [-0.05, 0) is 36.6 Å². The van der Waals surface area contributed by atoms with Gasteiger partial charge in [0.15, 0.2) is 0 Å². The highest BCUT2D eigenvalue weighted by atomic mass is 16.1. The number of fused-ring (bicyclic) bond motifs is 1. The first kappa shape index (κ1) is 16.0. The van der Waals surface area contributed by atoms with Gasteiger partial charge in [0.2, 0.25) is 5.95 Å². The van der Waals surface area contributed by atoms with Crippen molar-refractivity contribution in [3.05, 3.63) is 71.8 Å². The van der Waals surface area contributed by atoms with E-state index in [0.717, 1.165) is 22.3 Å². The Kier molecular flexibility index (Phi) is 3.93. The predicted octanol–water partition coefficient (Wildman–Crippen LogP) is 3.89. The highest BCUT2D eigenvalue weighted by Crippen LogP contribution is 2.33. The first-order chi connectivity index (χ1) is 12.6. The number of carbonyl (C=O) groups is 1. The van der Waals surface area contributed by atoms with Crippen molar-refractivity contribution in [3.63, 3.8) is 0 Å². The fourth-order valence-corrected chi connectivity index (χ4v) is 3.19. The topological polar surface area (TPSA) is 83.6 Å². The molecule has 6 heteroatoms. The second-order valence-electron chi connectivity index (χ2n) is 6.07. The number of aryl methyl sites for hydroxylation is 2. The number of anilines is 1. The molecule has 0 unspecified atom stereocenters. The van der Waals surface area contributed by atoms with Crippen LogP contribution in [0.2, 0.25) is 0 Å². The van der Waals surface area contributed by atoms with Crippen LogP contribution in [0.15, 0.2) is 55.1 Å². The molecule has 0 saturated carbocycles. The maximum absolute atomic E-state index is 12.7. The Morgan fingerprint density at radius 3 is 2.35 bits per heavy atom. The number of carbonyl (C=O) groups excluding carboxylic acids is 1. The molecule has 2 aromatic heterocycles. The maximum Gasteiger partial charge on any atom is 0.260 e. The van der Waals surface area contributed by atoms with Gasteiger partial charge >= 0.3 is 0 Å². The number of imidazole rings is 1. The molecule has 128 valence electrons. The Morgan fingerprint density at radius 2 is 1.65 bits per heavy atom. The van der Waals surface area contributed by atoms with E-state index in [1.54, 1.807) is 30.9 Å². The van der Waals surface area contributed by atoms with Crippen molar-refractivity contribution >= 4 is 22.9 Å². The van der Waals surface area contributed by atoms with Gasteiger partial charge in [-0.25, -0.2) is 4.98 Å². The van der Waals surface area contributed by atoms with Gasteiger partial charge in [0.25, 0.3) is 5.91 Å². The fraction of sp³-hybridized carbons (Fsp3) is 0.100. The summed E-state index contributed by atoms with van der Waals surface area (Å²) in [5, 5.41) is 2.74. The lowest BCUT2D eigenvalue weighted by atomic mass is 9.93. The number of aromatic amines is 1. The molecule has 26 heavy (non-hydrogen) atoms. The summed E-state index contributed by atoms with van der Waals surface area (Å²) < 4.78 is 0. The predicted molar refractivity (Wildman–Crippen MR) is 101 cm³/mol. The molecule has 1 amide bonds. The molecule has 0 aliphatic rings. The van der Waals surface area contributed by atoms with Crippen LogP contribution >= 0.6 is 0 Å². The van der Waals surface area contributed by atoms with Crippen molar-refractivity contribution in [2.24, 2.45) is 0 Å². The number of hydrogen-bond donors (Lipinski definition) is 2. The number of H-pyrrole nitrogens is 1. The van der Waals surface area contributed by atoms with Crippen molar-refractivity contribution in [3.8, 4) is 11.1 Å². The lowest BCUT2D eigenvalue weighted by Gasteiger charge is -2.13. The summed E-state index contributed by atoms with van der Waals surface area (Å²) in [6, 6.07) is 9.90. The van der Waals surface area contributed by atoms with Crippen LogP contribution in [0.25, 0.3) is 22.2 Å². The minimum absolute atomic E-state index is 0.279. The minimum Gasteiger partial charge on any atom is -0.331 e. The fourth-order valence-electron chi connectivity index (χ4n) is 3.19. The van der Waals surface area contributed by atoms with E-state index in [9.17, 15) is 4.79 Å². The molecule has 0 radical (unpaired) electrons. The smallest absolute Gasteiger partial charge is 0.260 e. The average Bonchev–Trinajstić information content (AvgIpc) is 3.14. The lowest BCUT2D eigenvalue weighted by Crippen LogP contribution is -2.14. The Morgan fingerprint density at radius 1 is 0.923 bits per heavy atom. The molecule has 0 atom stereocenters. The molecular weight excluding hydrogens is 326 g/mol. The third-order valence-electron chi connectivity index (χ3n) is 4.35. The maximum atomic E-state index is 12.7. The van der Waals surface area contributed by atoms with Gasteiger partial charge in [0, 0.05) is 30.4 Å². The largest absolute Gasteiger partial charge is 0.331 e. The SMILES string of the molecule is Cc1cccc(C)c1-c1ccc(C(=O)Nc2ncc[nH]2)c2nccnc12. The van der Waals surface area contributed by atoms with E-state index >= 15 is 0 Å². The van der Waals surface area contributed by atoms with Gasteiger partial charge in [-0.1, -0.05) is 24.3 Å². The zero-order valence-electron chi connectivity index (χ0n) is 14.4. The van der Waals surface area contributed by atoms with Crippen molar-refractivity contribution in [1.82, 2.24) is 19.9 Å². The molecule has 2 aromatic carbocycles. The summed E-state index contributed by atoms with van der Waals surface area (Å²) in [6.45, 7) is 4.14. The third-order valence-corrected chi connectivity index (χ3v) is 4.35. The Bertz CT molecular complexity index is 1080. The highest BCUT2D eigenvalue weighted by molar-refractivity contribution is 6.13. The average molecular weight is 343 g/mol. The van der Waals surface area contributed by atoms with E-state index in [1.807, 2.05) is 12.1 Å². The van der Waals surface area contributed by atoms with E-state index < -0.39 is 0 Å². The van der Waals surface area contributed by atoms with Crippen LogP contribution in [0.4, 0.5) is 5.95 Å². The Balaban J connectivity index is 1.88. The third kappa shape index (κ3) is 2.71. The molecular formula is C20H17N5O. The number of amides is 1. The van der Waals surface area contributed by atoms with Crippen LogP contribution in [-0.2, 0) is 0 Å². The molecule has 0 saturated heterocycles. The number of aromatic nitrogens is 4. The molecule has 6 nitrogen and oxygen atoms in total. The zero-order valence-corrected chi connectivity index (χ0v) is 14.4. The molecule has 4 rings (SSSR count). The molecule has 0 spiro atoms. The first-order valence-electron chi connectivity index (χ1n) is 8.26. The number of benzene rings is 2. The van der Waals surface area contributed by atoms with E-state index in [1.165, 1.54) is 0 Å². The van der Waals surface area contributed by atoms with Crippen LogP contribution in [0.1, 0.15) is 21.5 Å². The summed E-state index contributed by atoms with van der Waals surface area (Å²) in [6.07, 6.45) is 6.48. The van der Waals surface area contributed by atoms with Gasteiger partial charge in [-0.3, -0.25) is 20.1 Å². The number of hydrogen-bond acceptors (Lipinski definition) is 4. The second-order valence-corrected chi connectivity index (χ2v) is 6.07. The Labute approximate surface area is 150 Å². The van der Waals surface area contributed by atoms with Crippen molar-refractivity contribution in [1.29, 1.82) is 0 Å². The summed E-state index contributed by atoms with van der Waals surface area (Å²) in [5.41, 5.74) is 6.14. The molecule has 0 bridgehead atoms.